The Balaban J connectivity index is 1.84. The highest BCUT2D eigenvalue weighted by Gasteiger charge is 2.22. The lowest BCUT2D eigenvalue weighted by atomic mass is 10.2. The Morgan fingerprint density at radius 3 is 2.57 bits per heavy atom. The first-order valence-electron chi connectivity index (χ1n) is 8.66. The number of benzene rings is 2. The number of hydrogen-bond acceptors (Lipinski definition) is 7. The Bertz CT molecular complexity index is 1180. The fraction of sp³-hybridized carbons (Fsp3) is 0.150. The van der Waals surface area contributed by atoms with E-state index in [-0.39, 0.29) is 11.3 Å². The number of carbonyl (C=O) groups is 1. The number of amides is 1. The second kappa shape index (κ2) is 8.87. The smallest absolute Gasteiger partial charge is 0.274 e. The molecule has 0 unspecified atom stereocenters. The molecule has 10 heteroatoms. The van der Waals surface area contributed by atoms with Crippen LogP contribution in [0, 0.1) is 5.82 Å². The van der Waals surface area contributed by atoms with Crippen molar-refractivity contribution >= 4 is 21.4 Å². The fourth-order valence-corrected chi connectivity index (χ4v) is 3.82. The van der Waals surface area contributed by atoms with Gasteiger partial charge in [-0.3, -0.25) is 4.79 Å². The summed E-state index contributed by atoms with van der Waals surface area (Å²) in [6, 6.07) is 11.6. The van der Waals surface area contributed by atoms with E-state index in [2.05, 4.69) is 15.3 Å². The molecule has 0 spiro atoms. The van der Waals surface area contributed by atoms with Crippen molar-refractivity contribution in [1.29, 1.82) is 0 Å². The van der Waals surface area contributed by atoms with E-state index in [1.807, 2.05) is 0 Å². The minimum absolute atomic E-state index is 0.0149. The predicted molar refractivity (Wildman–Crippen MR) is 107 cm³/mol. The Kier molecular flexibility index (Phi) is 6.26. The number of ether oxygens (including phenoxy) is 2. The van der Waals surface area contributed by atoms with Gasteiger partial charge in [-0.15, -0.1) is 0 Å². The van der Waals surface area contributed by atoms with Crippen LogP contribution in [0.5, 0.6) is 11.5 Å². The van der Waals surface area contributed by atoms with Gasteiger partial charge in [0.05, 0.1) is 25.7 Å². The van der Waals surface area contributed by atoms with Crippen LogP contribution in [-0.2, 0) is 15.6 Å². The van der Waals surface area contributed by atoms with Gasteiger partial charge in [0.1, 0.15) is 23.0 Å². The highest BCUT2D eigenvalue weighted by Crippen LogP contribution is 2.29. The maximum atomic E-state index is 13.8. The summed E-state index contributed by atoms with van der Waals surface area (Å²) in [4.78, 5) is 20.2. The number of nitrogens with zero attached hydrogens (tertiary/aromatic N) is 2. The van der Waals surface area contributed by atoms with E-state index in [4.69, 9.17) is 9.47 Å². The van der Waals surface area contributed by atoms with E-state index >= 15 is 0 Å². The fourth-order valence-electron chi connectivity index (χ4n) is 2.59. The van der Waals surface area contributed by atoms with Crippen molar-refractivity contribution in [1.82, 2.24) is 9.97 Å². The van der Waals surface area contributed by atoms with Crippen LogP contribution in [0.4, 0.5) is 10.1 Å². The number of halogens is 1. The van der Waals surface area contributed by atoms with Gasteiger partial charge in [-0.2, -0.15) is 0 Å². The summed E-state index contributed by atoms with van der Waals surface area (Å²) in [5, 5.41) is 2.03. The summed E-state index contributed by atoms with van der Waals surface area (Å²) >= 11 is 0. The first kappa shape index (κ1) is 21.2. The van der Waals surface area contributed by atoms with Gasteiger partial charge in [-0.25, -0.2) is 22.8 Å². The number of rotatable bonds is 7. The molecule has 0 saturated carbocycles. The van der Waals surface area contributed by atoms with Crippen LogP contribution in [0.15, 0.2) is 59.9 Å². The quantitative estimate of drug-likeness (QED) is 0.573. The number of sulfone groups is 1. The normalized spacial score (nSPS) is 11.0. The molecule has 1 heterocycles. The second-order valence-electron chi connectivity index (χ2n) is 6.10. The van der Waals surface area contributed by atoms with Crippen molar-refractivity contribution in [3.05, 3.63) is 71.8 Å². The maximum Gasteiger partial charge on any atom is 0.274 e. The molecule has 3 rings (SSSR count). The van der Waals surface area contributed by atoms with Crippen molar-refractivity contribution < 1.29 is 27.1 Å². The van der Waals surface area contributed by atoms with Gasteiger partial charge in [-0.1, -0.05) is 18.2 Å². The third kappa shape index (κ3) is 4.71. The first-order chi connectivity index (χ1) is 14.3. The maximum absolute atomic E-state index is 13.8. The molecular formula is C20H18FN3O5S. The van der Waals surface area contributed by atoms with E-state index in [0.29, 0.717) is 17.2 Å². The molecule has 0 radical (unpaired) electrons. The van der Waals surface area contributed by atoms with Crippen molar-refractivity contribution in [2.45, 2.75) is 10.9 Å². The average molecular weight is 431 g/mol. The molecule has 1 amide bonds. The Labute approximate surface area is 172 Å². The molecule has 8 nitrogen and oxygen atoms in total. The molecule has 0 aliphatic carbocycles. The van der Waals surface area contributed by atoms with Crippen LogP contribution >= 0.6 is 0 Å². The number of anilines is 1. The van der Waals surface area contributed by atoms with Gasteiger partial charge in [-0.05, 0) is 24.3 Å². The van der Waals surface area contributed by atoms with Crippen LogP contribution in [0.2, 0.25) is 0 Å². The molecule has 0 aliphatic rings. The molecular weight excluding hydrogens is 413 g/mol. The number of nitrogens with one attached hydrogen (secondary N) is 1. The van der Waals surface area contributed by atoms with Gasteiger partial charge < -0.3 is 14.8 Å². The largest absolute Gasteiger partial charge is 0.497 e. The second-order valence-corrected chi connectivity index (χ2v) is 7.98. The molecule has 156 valence electrons. The van der Waals surface area contributed by atoms with E-state index in [1.165, 1.54) is 38.5 Å². The van der Waals surface area contributed by atoms with Crippen LogP contribution in [0.1, 0.15) is 16.1 Å². The topological polar surface area (TPSA) is 107 Å². The number of aromatic nitrogens is 2. The SMILES string of the molecule is COc1ccc(NC(=O)c2ccnc(S(=O)(=O)Cc3ccccc3F)n2)c(OC)c1. The third-order valence-electron chi connectivity index (χ3n) is 4.10. The van der Waals surface area contributed by atoms with Gasteiger partial charge in [0.25, 0.3) is 5.91 Å². The minimum Gasteiger partial charge on any atom is -0.497 e. The zero-order chi connectivity index (χ0) is 21.7. The van der Waals surface area contributed by atoms with E-state index in [9.17, 15) is 17.6 Å². The first-order valence-corrected chi connectivity index (χ1v) is 10.3. The Morgan fingerprint density at radius 2 is 1.87 bits per heavy atom. The highest BCUT2D eigenvalue weighted by atomic mass is 32.2. The van der Waals surface area contributed by atoms with Crippen LogP contribution in [0.25, 0.3) is 0 Å². The number of hydrogen-bond donors (Lipinski definition) is 1. The summed E-state index contributed by atoms with van der Waals surface area (Å²) in [5.74, 6) is -1.06. The molecule has 3 aromatic rings. The zero-order valence-corrected chi connectivity index (χ0v) is 16.9. The number of carbonyl (C=O) groups excluding carboxylic acids is 1. The van der Waals surface area contributed by atoms with Crippen LogP contribution < -0.4 is 14.8 Å². The third-order valence-corrected chi connectivity index (χ3v) is 5.55. The van der Waals surface area contributed by atoms with Crippen molar-refractivity contribution in [2.24, 2.45) is 0 Å². The molecule has 0 aliphatic heterocycles. The molecule has 0 saturated heterocycles. The molecule has 30 heavy (non-hydrogen) atoms. The standard InChI is InChI=1S/C20H18FN3O5S/c1-28-14-7-8-16(18(11-14)29-2)23-19(25)17-9-10-22-20(24-17)30(26,27)12-13-5-3-4-6-15(13)21/h3-11H,12H2,1-2H3,(H,23,25). The number of methoxy groups -OCH3 is 2. The molecule has 2 aromatic carbocycles. The lowest BCUT2D eigenvalue weighted by molar-refractivity contribution is 0.102. The molecule has 1 N–H and O–H groups in total. The van der Waals surface area contributed by atoms with Crippen LogP contribution in [0.3, 0.4) is 0 Å². The van der Waals surface area contributed by atoms with E-state index in [1.54, 1.807) is 18.2 Å². The lowest BCUT2D eigenvalue weighted by Gasteiger charge is -2.11. The lowest BCUT2D eigenvalue weighted by Crippen LogP contribution is -2.18. The summed E-state index contributed by atoms with van der Waals surface area (Å²) < 4.78 is 49.3. The van der Waals surface area contributed by atoms with Crippen molar-refractivity contribution in [3.63, 3.8) is 0 Å². The Hall–Kier alpha value is -3.53. The molecule has 0 atom stereocenters. The van der Waals surface area contributed by atoms with Gasteiger partial charge in [0.15, 0.2) is 0 Å². The Morgan fingerprint density at radius 1 is 1.10 bits per heavy atom. The summed E-state index contributed by atoms with van der Waals surface area (Å²) in [6.07, 6.45) is 1.15. The van der Waals surface area contributed by atoms with Crippen molar-refractivity contribution in [2.75, 3.05) is 19.5 Å². The van der Waals surface area contributed by atoms with E-state index < -0.39 is 32.5 Å². The summed E-state index contributed by atoms with van der Waals surface area (Å²) in [7, 11) is -1.14. The van der Waals surface area contributed by atoms with E-state index in [0.717, 1.165) is 12.3 Å². The monoisotopic (exact) mass is 431 g/mol. The zero-order valence-electron chi connectivity index (χ0n) is 16.1. The highest BCUT2D eigenvalue weighted by molar-refractivity contribution is 7.90. The molecule has 1 aromatic heterocycles. The average Bonchev–Trinajstić information content (AvgIpc) is 2.75. The predicted octanol–water partition coefficient (Wildman–Crippen LogP) is 2.86. The minimum atomic E-state index is -4.07. The van der Waals surface area contributed by atoms with Gasteiger partial charge in [0.2, 0.25) is 15.0 Å². The van der Waals surface area contributed by atoms with Crippen molar-refractivity contribution in [3.8, 4) is 11.5 Å². The summed E-state index contributed by atoms with van der Waals surface area (Å²) in [6.45, 7) is 0. The summed E-state index contributed by atoms with van der Waals surface area (Å²) in [5.41, 5.74) is 0.159. The molecule has 0 bridgehead atoms. The van der Waals surface area contributed by atoms with Gasteiger partial charge in [0, 0.05) is 17.8 Å². The van der Waals surface area contributed by atoms with Crippen LogP contribution in [-0.4, -0.2) is 38.5 Å². The molecule has 0 fully saturated rings. The van der Waals surface area contributed by atoms with Gasteiger partial charge >= 0.3 is 0 Å².